The fourth-order valence-electron chi connectivity index (χ4n) is 3.78. The number of nitrogens with one attached hydrogen (secondary N) is 1. The fourth-order valence-corrected chi connectivity index (χ4v) is 5.26. The van der Waals surface area contributed by atoms with Gasteiger partial charge in [-0.05, 0) is 49.2 Å². The molecule has 9 heteroatoms. The molecule has 2 aromatic rings. The van der Waals surface area contributed by atoms with Crippen molar-refractivity contribution in [1.82, 2.24) is 4.31 Å². The second-order valence-corrected chi connectivity index (χ2v) is 9.84. The SMILES string of the molecule is CCN(CC)S(=O)(=O)c1ccc(N2CCOCC2)c(NC(=O)COc2cccc(C)c2C)c1. The first kappa shape index (κ1) is 25.0. The van der Waals surface area contributed by atoms with E-state index in [1.807, 2.05) is 32.0 Å². The van der Waals surface area contributed by atoms with Crippen molar-refractivity contribution in [2.24, 2.45) is 0 Å². The average Bonchev–Trinajstić information content (AvgIpc) is 2.81. The summed E-state index contributed by atoms with van der Waals surface area (Å²) in [6.45, 7) is 10.6. The van der Waals surface area contributed by atoms with Gasteiger partial charge >= 0.3 is 0 Å². The predicted octanol–water partition coefficient (Wildman–Crippen LogP) is 3.19. The maximum absolute atomic E-state index is 13.1. The van der Waals surface area contributed by atoms with Gasteiger partial charge in [0.15, 0.2) is 6.61 Å². The molecule has 0 aromatic heterocycles. The monoisotopic (exact) mass is 475 g/mol. The van der Waals surface area contributed by atoms with Gasteiger partial charge in [0.05, 0.1) is 29.5 Å². The van der Waals surface area contributed by atoms with Gasteiger partial charge < -0.3 is 19.7 Å². The maximum atomic E-state index is 13.1. The van der Waals surface area contributed by atoms with Crippen LogP contribution in [0.3, 0.4) is 0 Å². The summed E-state index contributed by atoms with van der Waals surface area (Å²) in [5.41, 5.74) is 3.26. The molecule has 3 rings (SSSR count). The zero-order valence-corrected chi connectivity index (χ0v) is 20.6. The number of aryl methyl sites for hydroxylation is 1. The normalized spacial score (nSPS) is 14.4. The van der Waals surface area contributed by atoms with Crippen LogP contribution in [0.5, 0.6) is 5.75 Å². The number of amides is 1. The van der Waals surface area contributed by atoms with Gasteiger partial charge in [-0.1, -0.05) is 26.0 Å². The maximum Gasteiger partial charge on any atom is 0.262 e. The number of ether oxygens (including phenoxy) is 2. The van der Waals surface area contributed by atoms with Gasteiger partial charge in [0, 0.05) is 26.2 Å². The highest BCUT2D eigenvalue weighted by atomic mass is 32.2. The second kappa shape index (κ2) is 11.0. The summed E-state index contributed by atoms with van der Waals surface area (Å²) in [6.07, 6.45) is 0. The summed E-state index contributed by atoms with van der Waals surface area (Å²) in [6, 6.07) is 10.6. The van der Waals surface area contributed by atoms with Crippen molar-refractivity contribution in [1.29, 1.82) is 0 Å². The zero-order chi connectivity index (χ0) is 24.0. The van der Waals surface area contributed by atoms with Crippen LogP contribution in [-0.4, -0.2) is 64.6 Å². The molecular formula is C24H33N3O5S. The van der Waals surface area contributed by atoms with Crippen LogP contribution in [0.4, 0.5) is 11.4 Å². The van der Waals surface area contributed by atoms with Crippen molar-refractivity contribution in [2.45, 2.75) is 32.6 Å². The Morgan fingerprint density at radius 1 is 1.12 bits per heavy atom. The minimum absolute atomic E-state index is 0.147. The first-order valence-electron chi connectivity index (χ1n) is 11.2. The highest BCUT2D eigenvalue weighted by molar-refractivity contribution is 7.89. The lowest BCUT2D eigenvalue weighted by Gasteiger charge is -2.31. The van der Waals surface area contributed by atoms with E-state index in [1.165, 1.54) is 10.4 Å². The van der Waals surface area contributed by atoms with Crippen molar-refractivity contribution < 1.29 is 22.7 Å². The molecule has 33 heavy (non-hydrogen) atoms. The van der Waals surface area contributed by atoms with Crippen molar-refractivity contribution in [2.75, 3.05) is 56.2 Å². The van der Waals surface area contributed by atoms with Crippen molar-refractivity contribution >= 4 is 27.3 Å². The Morgan fingerprint density at radius 2 is 1.82 bits per heavy atom. The molecular weight excluding hydrogens is 442 g/mol. The van der Waals surface area contributed by atoms with Crippen LogP contribution in [-0.2, 0) is 19.6 Å². The Hall–Kier alpha value is -2.62. The third-order valence-corrected chi connectivity index (χ3v) is 7.90. The van der Waals surface area contributed by atoms with E-state index in [-0.39, 0.29) is 17.4 Å². The van der Waals surface area contributed by atoms with Crippen LogP contribution in [0.25, 0.3) is 0 Å². The van der Waals surface area contributed by atoms with Crippen molar-refractivity contribution in [3.8, 4) is 5.75 Å². The molecule has 1 amide bonds. The van der Waals surface area contributed by atoms with E-state index in [9.17, 15) is 13.2 Å². The highest BCUT2D eigenvalue weighted by Crippen LogP contribution is 2.31. The molecule has 0 aliphatic carbocycles. The summed E-state index contributed by atoms with van der Waals surface area (Å²) < 4.78 is 38.7. The third kappa shape index (κ3) is 5.85. The fraction of sp³-hybridized carbons (Fsp3) is 0.458. The molecule has 0 spiro atoms. The Morgan fingerprint density at radius 3 is 2.48 bits per heavy atom. The molecule has 2 aromatic carbocycles. The van der Waals surface area contributed by atoms with E-state index < -0.39 is 10.0 Å². The Kier molecular flexibility index (Phi) is 8.34. The summed E-state index contributed by atoms with van der Waals surface area (Å²) in [5.74, 6) is 0.291. The molecule has 0 saturated carbocycles. The quantitative estimate of drug-likeness (QED) is 0.599. The second-order valence-electron chi connectivity index (χ2n) is 7.90. The number of hydrogen-bond acceptors (Lipinski definition) is 6. The number of benzene rings is 2. The smallest absolute Gasteiger partial charge is 0.262 e. The molecule has 1 heterocycles. The van der Waals surface area contributed by atoms with Gasteiger partial charge in [-0.2, -0.15) is 4.31 Å². The minimum Gasteiger partial charge on any atom is -0.483 e. The third-order valence-electron chi connectivity index (χ3n) is 5.85. The number of carbonyl (C=O) groups excluding carboxylic acids is 1. The van der Waals surface area contributed by atoms with Crippen LogP contribution >= 0.6 is 0 Å². The number of nitrogens with zero attached hydrogens (tertiary/aromatic N) is 2. The standard InChI is InChI=1S/C24H33N3O5S/c1-5-27(6-2)33(29,30)20-10-11-22(26-12-14-31-15-13-26)21(16-20)25-24(28)17-32-23-9-7-8-18(3)19(23)4/h7-11,16H,5-6,12-15,17H2,1-4H3,(H,25,28). The zero-order valence-electron chi connectivity index (χ0n) is 19.8. The molecule has 1 aliphatic heterocycles. The number of morpholine rings is 1. The van der Waals surface area contributed by atoms with E-state index in [4.69, 9.17) is 9.47 Å². The van der Waals surface area contributed by atoms with Crippen molar-refractivity contribution in [3.05, 3.63) is 47.5 Å². The van der Waals surface area contributed by atoms with Gasteiger partial charge in [0.1, 0.15) is 5.75 Å². The van der Waals surface area contributed by atoms with Gasteiger partial charge in [-0.25, -0.2) is 8.42 Å². The number of rotatable bonds is 9. The lowest BCUT2D eigenvalue weighted by atomic mass is 10.1. The predicted molar refractivity (Wildman–Crippen MR) is 130 cm³/mol. The lowest BCUT2D eigenvalue weighted by molar-refractivity contribution is -0.118. The average molecular weight is 476 g/mol. The largest absolute Gasteiger partial charge is 0.483 e. The molecule has 0 unspecified atom stereocenters. The first-order chi connectivity index (χ1) is 15.8. The molecule has 1 aliphatic rings. The van der Waals surface area contributed by atoms with Crippen LogP contribution in [0.2, 0.25) is 0 Å². The van der Waals surface area contributed by atoms with Gasteiger partial charge in [0.2, 0.25) is 10.0 Å². The van der Waals surface area contributed by atoms with Crippen LogP contribution in [0.15, 0.2) is 41.3 Å². The van der Waals surface area contributed by atoms with Gasteiger partial charge in [-0.15, -0.1) is 0 Å². The topological polar surface area (TPSA) is 88.2 Å². The van der Waals surface area contributed by atoms with Crippen LogP contribution in [0.1, 0.15) is 25.0 Å². The number of anilines is 2. The molecule has 180 valence electrons. The van der Waals surface area contributed by atoms with E-state index in [0.29, 0.717) is 50.8 Å². The van der Waals surface area contributed by atoms with Crippen LogP contribution in [0, 0.1) is 13.8 Å². The summed E-state index contributed by atoms with van der Waals surface area (Å²) in [4.78, 5) is 15.0. The number of hydrogen-bond donors (Lipinski definition) is 1. The first-order valence-corrected chi connectivity index (χ1v) is 12.7. The summed E-state index contributed by atoms with van der Waals surface area (Å²) in [7, 11) is -3.67. The molecule has 1 saturated heterocycles. The Labute approximate surface area is 196 Å². The molecule has 1 fully saturated rings. The van der Waals surface area contributed by atoms with E-state index in [2.05, 4.69) is 10.2 Å². The van der Waals surface area contributed by atoms with E-state index >= 15 is 0 Å². The lowest BCUT2D eigenvalue weighted by Crippen LogP contribution is -2.37. The Balaban J connectivity index is 1.86. The molecule has 8 nitrogen and oxygen atoms in total. The van der Waals surface area contributed by atoms with E-state index in [1.54, 1.807) is 26.0 Å². The Bertz CT molecular complexity index is 1080. The molecule has 1 N–H and O–H groups in total. The van der Waals surface area contributed by atoms with Crippen molar-refractivity contribution in [3.63, 3.8) is 0 Å². The van der Waals surface area contributed by atoms with Gasteiger partial charge in [-0.3, -0.25) is 4.79 Å². The summed E-state index contributed by atoms with van der Waals surface area (Å²) >= 11 is 0. The van der Waals surface area contributed by atoms with Crippen LogP contribution < -0.4 is 15.0 Å². The molecule has 0 radical (unpaired) electrons. The minimum atomic E-state index is -3.67. The number of carbonyl (C=O) groups is 1. The number of sulfonamides is 1. The highest BCUT2D eigenvalue weighted by Gasteiger charge is 2.25. The molecule has 0 atom stereocenters. The summed E-state index contributed by atoms with van der Waals surface area (Å²) in [5, 5.41) is 2.87. The van der Waals surface area contributed by atoms with Gasteiger partial charge in [0.25, 0.3) is 5.91 Å². The molecule has 0 bridgehead atoms. The van der Waals surface area contributed by atoms with E-state index in [0.717, 1.165) is 16.8 Å².